The summed E-state index contributed by atoms with van der Waals surface area (Å²) in [6.07, 6.45) is 0. The van der Waals surface area contributed by atoms with Crippen LogP contribution < -0.4 is 0 Å². The van der Waals surface area contributed by atoms with Crippen molar-refractivity contribution in [1.29, 1.82) is 0 Å². The fraction of sp³-hybridized carbons (Fsp3) is 0. The maximum atomic E-state index is 8.52. The number of hydrogen-bond acceptors (Lipinski definition) is 8. The van der Waals surface area contributed by atoms with Gasteiger partial charge >= 0.3 is 39.9 Å². The molecule has 16 N–H and O–H groups in total. The van der Waals surface area contributed by atoms with E-state index in [0.29, 0.717) is 0 Å². The van der Waals surface area contributed by atoms with Crippen LogP contribution in [0.2, 0.25) is 0 Å². The van der Waals surface area contributed by atoms with E-state index in [4.69, 9.17) is 35.0 Å². The van der Waals surface area contributed by atoms with Crippen LogP contribution in [0.3, 0.4) is 0 Å². The first-order valence-corrected chi connectivity index (χ1v) is 4.00. The van der Waals surface area contributed by atoms with E-state index in [0.717, 1.165) is 0 Å². The summed E-state index contributed by atoms with van der Waals surface area (Å²) in [5.41, 5.74) is 0. The second-order valence-corrected chi connectivity index (χ2v) is 2.45. The average Bonchev–Trinajstić information content (AvgIpc) is 1.12. The molecule has 128 valence electrons. The van der Waals surface area contributed by atoms with Crippen LogP contribution in [0.25, 0.3) is 0 Å². The minimum Gasteiger partial charge on any atom is -0.759 e. The van der Waals surface area contributed by atoms with Crippen LogP contribution in [0, 0.1) is 39.9 Å². The predicted molar refractivity (Wildman–Crippen MR) is 49.9 cm³/mol. The van der Waals surface area contributed by atoms with Crippen molar-refractivity contribution in [1.82, 2.24) is 0 Å². The topological polar surface area (TPSA) is 413 Å². The van der Waals surface area contributed by atoms with E-state index in [1.54, 1.807) is 0 Å². The second kappa shape index (κ2) is 36.3. The molecule has 0 bridgehead atoms. The summed E-state index contributed by atoms with van der Waals surface area (Å²) in [6.45, 7) is 0. The Bertz CT molecular complexity index is 211. The zero-order valence-corrected chi connectivity index (χ0v) is 14.3. The average molecular weight is 568 g/mol. The van der Waals surface area contributed by atoms with Gasteiger partial charge in [0.25, 0.3) is 0 Å². The first kappa shape index (κ1) is 90.7. The maximum Gasteiger partial charge on any atom is 4.00 e. The molecule has 0 atom stereocenters. The molecule has 0 aliphatic rings. The zero-order valence-electron chi connectivity index (χ0n) is 8.58. The van der Waals surface area contributed by atoms with Gasteiger partial charge in [-0.15, -0.1) is 0 Å². The summed E-state index contributed by atoms with van der Waals surface area (Å²) in [5.74, 6) is 0. The van der Waals surface area contributed by atoms with Crippen molar-refractivity contribution in [3.05, 3.63) is 0 Å². The van der Waals surface area contributed by atoms with Crippen LogP contribution in [0.4, 0.5) is 0 Å². The van der Waals surface area contributed by atoms with Gasteiger partial charge in [-0.2, -0.15) is 0 Å². The fourth-order valence-corrected chi connectivity index (χ4v) is 0. The third-order valence-electron chi connectivity index (χ3n) is 0. The quantitative estimate of drug-likeness (QED) is 0.199. The molecule has 0 aliphatic carbocycles. The minimum atomic E-state index is -5.17. The fourth-order valence-electron chi connectivity index (χ4n) is 0. The molecule has 16 nitrogen and oxygen atoms in total. The molecule has 0 unspecified atom stereocenters. The Hall–Kier alpha value is 0.745. The van der Waals surface area contributed by atoms with Crippen molar-refractivity contribution in [2.45, 2.75) is 0 Å². The van der Waals surface area contributed by atoms with Gasteiger partial charge < -0.3 is 62.0 Å². The van der Waals surface area contributed by atoms with Gasteiger partial charge in [-0.3, -0.25) is 16.8 Å². The normalized spacial score (nSPS) is 6.11. The molecule has 0 spiro atoms. The Morgan fingerprint density at radius 2 is 0.421 bits per heavy atom. The standard InChI is InChI=1S/2H2O4S.8H2O.Th/c2*1-5(2,3)4;;;;;;;;;/h2*(H2,1,2,3,4);8*1H2;/q;;;;;;;;;;+4/p-4. The van der Waals surface area contributed by atoms with E-state index in [1.165, 1.54) is 0 Å². The number of rotatable bonds is 0. The van der Waals surface area contributed by atoms with Crippen molar-refractivity contribution >= 4 is 20.8 Å². The van der Waals surface area contributed by atoms with Crippen molar-refractivity contribution in [3.8, 4) is 0 Å². The molecule has 0 saturated carbocycles. The van der Waals surface area contributed by atoms with Gasteiger partial charge in [0.1, 0.15) is 0 Å². The van der Waals surface area contributed by atoms with Gasteiger partial charge in [0.05, 0.1) is 0 Å². The molecular formula is H16O16S2Th. The largest absolute Gasteiger partial charge is 4.00 e. The van der Waals surface area contributed by atoms with Crippen LogP contribution >= 0.6 is 0 Å². The summed E-state index contributed by atoms with van der Waals surface area (Å²) < 4.78 is 68.2. The Labute approximate surface area is 139 Å². The summed E-state index contributed by atoms with van der Waals surface area (Å²) in [4.78, 5) is 0. The Balaban J connectivity index is -0.00000000508. The van der Waals surface area contributed by atoms with E-state index >= 15 is 0 Å². The third-order valence-corrected chi connectivity index (χ3v) is 0. The van der Waals surface area contributed by atoms with Crippen LogP contribution in [-0.2, 0) is 20.8 Å². The van der Waals surface area contributed by atoms with Crippen LogP contribution in [0.1, 0.15) is 0 Å². The van der Waals surface area contributed by atoms with E-state index in [2.05, 4.69) is 0 Å². The zero-order chi connectivity index (χ0) is 9.00. The van der Waals surface area contributed by atoms with Crippen molar-refractivity contribution in [2.24, 2.45) is 0 Å². The molecule has 0 fully saturated rings. The van der Waals surface area contributed by atoms with Crippen LogP contribution in [0.15, 0.2) is 0 Å². The monoisotopic (exact) mass is 568 g/mol. The van der Waals surface area contributed by atoms with Gasteiger partial charge in [-0.25, -0.2) is 0 Å². The van der Waals surface area contributed by atoms with Crippen molar-refractivity contribution < 1.29 is 119 Å². The molecule has 0 saturated heterocycles. The molecule has 0 aromatic carbocycles. The summed E-state index contributed by atoms with van der Waals surface area (Å²) in [7, 11) is -10.3. The molecule has 0 aromatic rings. The SMILES string of the molecule is O.O.O.O.O.O.O.O.O=S(=O)([O-])[O-].O=S(=O)([O-])[O-].[Th+4]. The molecule has 19 heteroatoms. The molecule has 0 amide bonds. The molecule has 0 aromatic heterocycles. The summed E-state index contributed by atoms with van der Waals surface area (Å²) in [5, 5.41) is 0. The first-order valence-electron chi connectivity index (χ1n) is 1.33. The van der Waals surface area contributed by atoms with E-state index in [1.807, 2.05) is 0 Å². The number of hydrogen-bond donors (Lipinski definition) is 0. The van der Waals surface area contributed by atoms with Gasteiger partial charge in [-0.1, -0.05) is 0 Å². The minimum absolute atomic E-state index is 0. The maximum absolute atomic E-state index is 8.52. The molecule has 0 rings (SSSR count). The van der Waals surface area contributed by atoms with E-state index < -0.39 is 20.8 Å². The van der Waals surface area contributed by atoms with Gasteiger partial charge in [0, 0.05) is 20.8 Å². The van der Waals surface area contributed by atoms with Crippen molar-refractivity contribution in [3.63, 3.8) is 0 Å². The van der Waals surface area contributed by atoms with Gasteiger partial charge in [-0.05, 0) is 0 Å². The van der Waals surface area contributed by atoms with Crippen LogP contribution in [-0.4, -0.2) is 78.9 Å². The first-order chi connectivity index (χ1) is 4.00. The second-order valence-electron chi connectivity index (χ2n) is 0.816. The molecular weight excluding hydrogens is 552 g/mol. The molecule has 0 radical (unpaired) electrons. The van der Waals surface area contributed by atoms with Gasteiger partial charge in [0.15, 0.2) is 0 Å². The Morgan fingerprint density at radius 3 is 0.421 bits per heavy atom. The third kappa shape index (κ3) is 9480. The van der Waals surface area contributed by atoms with Gasteiger partial charge in [0.2, 0.25) is 0 Å². The summed E-state index contributed by atoms with van der Waals surface area (Å²) in [6, 6.07) is 0. The van der Waals surface area contributed by atoms with Crippen molar-refractivity contribution in [2.75, 3.05) is 0 Å². The molecule has 0 heterocycles. The molecule has 19 heavy (non-hydrogen) atoms. The van der Waals surface area contributed by atoms with Crippen LogP contribution in [0.5, 0.6) is 0 Å². The Morgan fingerprint density at radius 1 is 0.421 bits per heavy atom. The van der Waals surface area contributed by atoms with E-state index in [-0.39, 0.29) is 83.7 Å². The Kier molecular flexibility index (Phi) is 174. The van der Waals surface area contributed by atoms with E-state index in [9.17, 15) is 0 Å². The predicted octanol–water partition coefficient (Wildman–Crippen LogP) is -9.27. The molecule has 0 aliphatic heterocycles. The summed E-state index contributed by atoms with van der Waals surface area (Å²) >= 11 is 0. The smallest absolute Gasteiger partial charge is 0.759 e.